The van der Waals surface area contributed by atoms with Gasteiger partial charge in [-0.3, -0.25) is 4.79 Å². The van der Waals surface area contributed by atoms with Crippen LogP contribution in [0.25, 0.3) is 5.57 Å². The van der Waals surface area contributed by atoms with Gasteiger partial charge < -0.3 is 5.11 Å². The predicted molar refractivity (Wildman–Crippen MR) is 69.0 cm³/mol. The minimum absolute atomic E-state index is 0.0897. The molecular formula is C14H15ClO2. The molecule has 90 valence electrons. The molecule has 2 rings (SSSR count). The van der Waals surface area contributed by atoms with Crippen molar-refractivity contribution >= 4 is 23.1 Å². The highest BCUT2D eigenvalue weighted by Crippen LogP contribution is 2.34. The molecule has 0 saturated heterocycles. The van der Waals surface area contributed by atoms with Crippen LogP contribution in [0.1, 0.15) is 25.3 Å². The van der Waals surface area contributed by atoms with Gasteiger partial charge in [-0.2, -0.15) is 0 Å². The molecule has 1 aromatic rings. The number of hydrogen-bond acceptors (Lipinski definition) is 1. The molecule has 1 aromatic carbocycles. The van der Waals surface area contributed by atoms with Gasteiger partial charge >= 0.3 is 5.97 Å². The minimum atomic E-state index is -0.691. The second-order valence-electron chi connectivity index (χ2n) is 4.54. The number of halogens is 1. The second-order valence-corrected chi connectivity index (χ2v) is 4.98. The Kier molecular flexibility index (Phi) is 3.53. The Labute approximate surface area is 106 Å². The first-order valence-electron chi connectivity index (χ1n) is 5.77. The van der Waals surface area contributed by atoms with Gasteiger partial charge in [0.2, 0.25) is 0 Å². The average molecular weight is 251 g/mol. The van der Waals surface area contributed by atoms with Crippen LogP contribution in [0.15, 0.2) is 30.3 Å². The first kappa shape index (κ1) is 12.2. The lowest BCUT2D eigenvalue weighted by Crippen LogP contribution is -2.23. The number of rotatable bonds is 2. The molecule has 1 N–H and O–H groups in total. The van der Waals surface area contributed by atoms with Crippen molar-refractivity contribution in [2.75, 3.05) is 0 Å². The Bertz CT molecular complexity index is 448. The van der Waals surface area contributed by atoms with Gasteiger partial charge in [-0.25, -0.2) is 0 Å². The van der Waals surface area contributed by atoms with Crippen LogP contribution in [-0.2, 0) is 4.79 Å². The third-order valence-electron chi connectivity index (χ3n) is 3.36. The van der Waals surface area contributed by atoms with Crippen molar-refractivity contribution in [3.05, 3.63) is 40.9 Å². The fourth-order valence-electron chi connectivity index (χ4n) is 2.34. The maximum atomic E-state index is 11.0. The summed E-state index contributed by atoms with van der Waals surface area (Å²) >= 11 is 5.85. The normalized spacial score (nSPS) is 24.2. The molecular weight excluding hydrogens is 236 g/mol. The largest absolute Gasteiger partial charge is 0.481 e. The summed E-state index contributed by atoms with van der Waals surface area (Å²) in [7, 11) is 0. The molecule has 0 saturated carbocycles. The molecule has 0 aromatic heterocycles. The van der Waals surface area contributed by atoms with Crippen molar-refractivity contribution < 1.29 is 9.90 Å². The molecule has 0 heterocycles. The SMILES string of the molecule is C[C@@H]1C=C(c2ccc(Cl)cc2)CC[C@H]1C(=O)O. The van der Waals surface area contributed by atoms with Gasteiger partial charge in [0.05, 0.1) is 5.92 Å². The molecule has 0 spiro atoms. The molecule has 3 heteroatoms. The Morgan fingerprint density at radius 3 is 2.53 bits per heavy atom. The van der Waals surface area contributed by atoms with Gasteiger partial charge in [-0.05, 0) is 42.0 Å². The Hall–Kier alpha value is -1.28. The van der Waals surface area contributed by atoms with Gasteiger partial charge in [0, 0.05) is 5.02 Å². The van der Waals surface area contributed by atoms with Gasteiger partial charge in [-0.15, -0.1) is 0 Å². The zero-order valence-electron chi connectivity index (χ0n) is 9.69. The van der Waals surface area contributed by atoms with E-state index in [2.05, 4.69) is 6.08 Å². The third-order valence-corrected chi connectivity index (χ3v) is 3.61. The van der Waals surface area contributed by atoms with Crippen LogP contribution in [-0.4, -0.2) is 11.1 Å². The first-order valence-corrected chi connectivity index (χ1v) is 6.15. The molecule has 0 radical (unpaired) electrons. The van der Waals surface area contributed by atoms with Crippen molar-refractivity contribution in [3.63, 3.8) is 0 Å². The number of carboxylic acid groups (broad SMARTS) is 1. The van der Waals surface area contributed by atoms with Crippen LogP contribution in [0, 0.1) is 11.8 Å². The van der Waals surface area contributed by atoms with E-state index >= 15 is 0 Å². The highest BCUT2D eigenvalue weighted by Gasteiger charge is 2.27. The van der Waals surface area contributed by atoms with E-state index in [9.17, 15) is 4.79 Å². The summed E-state index contributed by atoms with van der Waals surface area (Å²) in [5.41, 5.74) is 2.37. The summed E-state index contributed by atoms with van der Waals surface area (Å²) in [5, 5.41) is 9.78. The summed E-state index contributed by atoms with van der Waals surface area (Å²) in [5.74, 6) is -0.845. The third kappa shape index (κ3) is 2.70. The van der Waals surface area contributed by atoms with E-state index in [1.807, 2.05) is 31.2 Å². The maximum Gasteiger partial charge on any atom is 0.307 e. The van der Waals surface area contributed by atoms with E-state index in [-0.39, 0.29) is 11.8 Å². The molecule has 2 nitrogen and oxygen atoms in total. The predicted octanol–water partition coefficient (Wildman–Crippen LogP) is 3.85. The molecule has 0 amide bonds. The molecule has 0 bridgehead atoms. The van der Waals surface area contributed by atoms with Crippen LogP contribution < -0.4 is 0 Å². The Morgan fingerprint density at radius 2 is 2.00 bits per heavy atom. The van der Waals surface area contributed by atoms with Crippen LogP contribution in [0.4, 0.5) is 0 Å². The lowest BCUT2D eigenvalue weighted by molar-refractivity contribution is -0.143. The van der Waals surface area contributed by atoms with Gasteiger partial charge in [0.15, 0.2) is 0 Å². The molecule has 0 aliphatic heterocycles. The van der Waals surface area contributed by atoms with Gasteiger partial charge in [0.1, 0.15) is 0 Å². The Balaban J connectivity index is 2.22. The standard InChI is InChI=1S/C14H15ClO2/c1-9-8-11(4-7-13(9)14(16)17)10-2-5-12(15)6-3-10/h2-3,5-6,8-9,13H,4,7H2,1H3,(H,16,17)/t9-,13-/m1/s1. The molecule has 17 heavy (non-hydrogen) atoms. The van der Waals surface area contributed by atoms with Gasteiger partial charge in [0.25, 0.3) is 0 Å². The van der Waals surface area contributed by atoms with E-state index in [1.165, 1.54) is 5.57 Å². The van der Waals surface area contributed by atoms with Crippen molar-refractivity contribution in [1.82, 2.24) is 0 Å². The maximum absolute atomic E-state index is 11.0. The summed E-state index contributed by atoms with van der Waals surface area (Å²) in [6.07, 6.45) is 3.61. The summed E-state index contributed by atoms with van der Waals surface area (Å²) < 4.78 is 0. The number of carbonyl (C=O) groups is 1. The topological polar surface area (TPSA) is 37.3 Å². The van der Waals surface area contributed by atoms with Crippen LogP contribution in [0.2, 0.25) is 5.02 Å². The van der Waals surface area contributed by atoms with Crippen molar-refractivity contribution in [2.24, 2.45) is 11.8 Å². The number of benzene rings is 1. The highest BCUT2D eigenvalue weighted by molar-refractivity contribution is 6.30. The summed E-state index contributed by atoms with van der Waals surface area (Å²) in [6.45, 7) is 1.97. The average Bonchev–Trinajstić information content (AvgIpc) is 2.29. The fraction of sp³-hybridized carbons (Fsp3) is 0.357. The van der Waals surface area contributed by atoms with E-state index in [4.69, 9.17) is 16.7 Å². The fourth-order valence-corrected chi connectivity index (χ4v) is 2.47. The summed E-state index contributed by atoms with van der Waals surface area (Å²) in [6, 6.07) is 7.71. The zero-order chi connectivity index (χ0) is 12.4. The van der Waals surface area contributed by atoms with E-state index in [1.54, 1.807) is 0 Å². The second kappa shape index (κ2) is 4.92. The lowest BCUT2D eigenvalue weighted by Gasteiger charge is -2.24. The zero-order valence-corrected chi connectivity index (χ0v) is 10.4. The van der Waals surface area contributed by atoms with Crippen molar-refractivity contribution in [3.8, 4) is 0 Å². The Morgan fingerprint density at radius 1 is 1.35 bits per heavy atom. The molecule has 0 unspecified atom stereocenters. The number of allylic oxidation sites excluding steroid dienone is 2. The first-order chi connectivity index (χ1) is 8.08. The quantitative estimate of drug-likeness (QED) is 0.866. The van der Waals surface area contributed by atoms with E-state index < -0.39 is 5.97 Å². The van der Waals surface area contributed by atoms with Gasteiger partial charge in [-0.1, -0.05) is 36.7 Å². The van der Waals surface area contributed by atoms with Crippen molar-refractivity contribution in [1.29, 1.82) is 0 Å². The number of hydrogen-bond donors (Lipinski definition) is 1. The molecule has 1 aliphatic carbocycles. The van der Waals surface area contributed by atoms with E-state index in [0.717, 1.165) is 17.0 Å². The van der Waals surface area contributed by atoms with Crippen LogP contribution in [0.5, 0.6) is 0 Å². The summed E-state index contributed by atoms with van der Waals surface area (Å²) in [4.78, 5) is 11.0. The smallest absolute Gasteiger partial charge is 0.307 e. The van der Waals surface area contributed by atoms with Crippen LogP contribution in [0.3, 0.4) is 0 Å². The monoisotopic (exact) mass is 250 g/mol. The number of aliphatic carboxylic acids is 1. The van der Waals surface area contributed by atoms with E-state index in [0.29, 0.717) is 6.42 Å². The lowest BCUT2D eigenvalue weighted by atomic mass is 9.80. The van der Waals surface area contributed by atoms with Crippen LogP contribution >= 0.6 is 11.6 Å². The molecule has 1 aliphatic rings. The van der Waals surface area contributed by atoms with Crippen molar-refractivity contribution in [2.45, 2.75) is 19.8 Å². The molecule has 2 atom stereocenters. The number of carboxylic acids is 1. The minimum Gasteiger partial charge on any atom is -0.481 e. The highest BCUT2D eigenvalue weighted by atomic mass is 35.5. The molecule has 0 fully saturated rings.